The number of ether oxygens (including phenoxy) is 1. The summed E-state index contributed by atoms with van der Waals surface area (Å²) in [6, 6.07) is 1.82. The summed E-state index contributed by atoms with van der Waals surface area (Å²) in [5.74, 6) is 0.714. The fourth-order valence-electron chi connectivity index (χ4n) is 1.05. The van der Waals surface area contributed by atoms with Crippen LogP contribution in [0.25, 0.3) is 0 Å². The van der Waals surface area contributed by atoms with Gasteiger partial charge in [-0.15, -0.1) is 0 Å². The minimum atomic E-state index is -0.863. The molecule has 78 valence electrons. The van der Waals surface area contributed by atoms with Crippen LogP contribution in [0.3, 0.4) is 0 Å². The van der Waals surface area contributed by atoms with Crippen molar-refractivity contribution in [3.8, 4) is 5.75 Å². The average Bonchev–Trinajstić information content (AvgIpc) is 2.14. The van der Waals surface area contributed by atoms with Crippen molar-refractivity contribution < 1.29 is 9.84 Å². The summed E-state index contributed by atoms with van der Waals surface area (Å²) in [7, 11) is 0. The number of rotatable bonds is 4. The van der Waals surface area contributed by atoms with E-state index in [0.717, 1.165) is 12.0 Å². The Morgan fingerprint density at radius 2 is 2.14 bits per heavy atom. The first-order valence-electron chi connectivity index (χ1n) is 4.84. The topological polar surface area (TPSA) is 42.4 Å². The van der Waals surface area contributed by atoms with Gasteiger partial charge in [0.2, 0.25) is 0 Å². The summed E-state index contributed by atoms with van der Waals surface area (Å²) < 4.78 is 5.42. The lowest BCUT2D eigenvalue weighted by molar-refractivity contribution is 0.0778. The van der Waals surface area contributed by atoms with E-state index in [0.29, 0.717) is 12.4 Å². The predicted molar refractivity (Wildman–Crippen MR) is 55.3 cm³/mol. The van der Waals surface area contributed by atoms with Crippen molar-refractivity contribution in [1.82, 2.24) is 4.98 Å². The zero-order chi connectivity index (χ0) is 10.6. The molecule has 14 heavy (non-hydrogen) atoms. The second kappa shape index (κ2) is 4.42. The number of aliphatic hydroxyl groups is 1. The van der Waals surface area contributed by atoms with Gasteiger partial charge in [0.15, 0.2) is 0 Å². The van der Waals surface area contributed by atoms with Crippen molar-refractivity contribution in [2.45, 2.75) is 32.8 Å². The molecule has 0 aliphatic carbocycles. The molecule has 0 aliphatic rings. The van der Waals surface area contributed by atoms with E-state index < -0.39 is 5.60 Å². The van der Waals surface area contributed by atoms with E-state index in [4.69, 9.17) is 4.74 Å². The van der Waals surface area contributed by atoms with Gasteiger partial charge in [-0.3, -0.25) is 4.98 Å². The smallest absolute Gasteiger partial charge is 0.137 e. The molecule has 0 amide bonds. The van der Waals surface area contributed by atoms with Gasteiger partial charge in [-0.25, -0.2) is 0 Å². The molecule has 3 nitrogen and oxygen atoms in total. The number of aromatic nitrogens is 1. The molecule has 0 aliphatic heterocycles. The van der Waals surface area contributed by atoms with Crippen molar-refractivity contribution in [2.24, 2.45) is 0 Å². The highest BCUT2D eigenvalue weighted by molar-refractivity contribution is 5.27. The van der Waals surface area contributed by atoms with Crippen molar-refractivity contribution in [1.29, 1.82) is 0 Å². The Balaban J connectivity index is 2.79. The molecule has 1 rings (SSSR count). The lowest BCUT2D eigenvalue weighted by atomic mass is 10.0. The van der Waals surface area contributed by atoms with Crippen LogP contribution in [0.2, 0.25) is 0 Å². The van der Waals surface area contributed by atoms with Crippen LogP contribution >= 0.6 is 0 Å². The monoisotopic (exact) mass is 195 g/mol. The van der Waals surface area contributed by atoms with E-state index >= 15 is 0 Å². The molecule has 0 unspecified atom stereocenters. The fraction of sp³-hybridized carbons (Fsp3) is 0.545. The summed E-state index contributed by atoms with van der Waals surface area (Å²) in [6.45, 7) is 6.19. The maximum absolute atomic E-state index is 9.74. The standard InChI is InChI=1S/C11H17NO2/c1-4-5-14-10-6-9(7-12-8-10)11(2,3)13/h6-8,13H,4-5H2,1-3H3. The molecule has 0 radical (unpaired) electrons. The molecule has 0 saturated carbocycles. The third-order valence-corrected chi connectivity index (χ3v) is 1.89. The third kappa shape index (κ3) is 3.00. The number of hydrogen-bond acceptors (Lipinski definition) is 3. The largest absolute Gasteiger partial charge is 0.492 e. The van der Waals surface area contributed by atoms with Gasteiger partial charge >= 0.3 is 0 Å². The normalized spacial score (nSPS) is 11.4. The van der Waals surface area contributed by atoms with Crippen molar-refractivity contribution in [3.05, 3.63) is 24.0 Å². The number of hydrogen-bond donors (Lipinski definition) is 1. The van der Waals surface area contributed by atoms with Crippen LogP contribution in [0.4, 0.5) is 0 Å². The second-order valence-corrected chi connectivity index (χ2v) is 3.82. The van der Waals surface area contributed by atoms with Gasteiger partial charge in [0, 0.05) is 11.8 Å². The molecule has 0 fully saturated rings. The van der Waals surface area contributed by atoms with E-state index in [9.17, 15) is 5.11 Å². The van der Waals surface area contributed by atoms with Gasteiger partial charge in [0.1, 0.15) is 5.75 Å². The summed E-state index contributed by atoms with van der Waals surface area (Å²) in [5, 5.41) is 9.74. The number of nitrogens with zero attached hydrogens (tertiary/aromatic N) is 1. The highest BCUT2D eigenvalue weighted by Crippen LogP contribution is 2.22. The Hall–Kier alpha value is -1.09. The van der Waals surface area contributed by atoms with Gasteiger partial charge in [-0.2, -0.15) is 0 Å². The van der Waals surface area contributed by atoms with E-state index in [1.165, 1.54) is 0 Å². The molecule has 1 aromatic rings. The summed E-state index contributed by atoms with van der Waals surface area (Å²) in [5.41, 5.74) is -0.0930. The molecule has 0 atom stereocenters. The van der Waals surface area contributed by atoms with Crippen molar-refractivity contribution in [2.75, 3.05) is 6.61 Å². The van der Waals surface area contributed by atoms with Crippen LogP contribution in [-0.2, 0) is 5.60 Å². The van der Waals surface area contributed by atoms with E-state index in [2.05, 4.69) is 4.98 Å². The Bertz CT molecular complexity index is 292. The molecule has 1 heterocycles. The molecule has 0 saturated heterocycles. The summed E-state index contributed by atoms with van der Waals surface area (Å²) >= 11 is 0. The Morgan fingerprint density at radius 1 is 1.43 bits per heavy atom. The fourth-order valence-corrected chi connectivity index (χ4v) is 1.05. The van der Waals surface area contributed by atoms with Crippen LogP contribution < -0.4 is 4.74 Å². The second-order valence-electron chi connectivity index (χ2n) is 3.82. The molecular formula is C11H17NO2. The highest BCUT2D eigenvalue weighted by atomic mass is 16.5. The van der Waals surface area contributed by atoms with Crippen molar-refractivity contribution >= 4 is 0 Å². The molecular weight excluding hydrogens is 178 g/mol. The van der Waals surface area contributed by atoms with E-state index in [-0.39, 0.29) is 0 Å². The predicted octanol–water partition coefficient (Wildman–Crippen LogP) is 2.10. The Morgan fingerprint density at radius 3 is 2.71 bits per heavy atom. The van der Waals surface area contributed by atoms with Gasteiger partial charge in [0.25, 0.3) is 0 Å². The highest BCUT2D eigenvalue weighted by Gasteiger charge is 2.16. The van der Waals surface area contributed by atoms with Gasteiger partial charge in [-0.05, 0) is 26.3 Å². The van der Waals surface area contributed by atoms with Crippen molar-refractivity contribution in [3.63, 3.8) is 0 Å². The average molecular weight is 195 g/mol. The van der Waals surface area contributed by atoms with Gasteiger partial charge < -0.3 is 9.84 Å². The zero-order valence-electron chi connectivity index (χ0n) is 8.95. The van der Waals surface area contributed by atoms with Crippen LogP contribution in [0.5, 0.6) is 5.75 Å². The van der Waals surface area contributed by atoms with E-state index in [1.54, 1.807) is 26.2 Å². The van der Waals surface area contributed by atoms with Crippen LogP contribution in [0.15, 0.2) is 18.5 Å². The molecule has 1 N–H and O–H groups in total. The Kier molecular flexibility index (Phi) is 3.47. The maximum atomic E-state index is 9.74. The van der Waals surface area contributed by atoms with Gasteiger partial charge in [-0.1, -0.05) is 6.92 Å². The molecule has 1 aromatic heterocycles. The van der Waals surface area contributed by atoms with Crippen LogP contribution in [0.1, 0.15) is 32.8 Å². The maximum Gasteiger partial charge on any atom is 0.137 e. The molecule has 3 heteroatoms. The third-order valence-electron chi connectivity index (χ3n) is 1.89. The quantitative estimate of drug-likeness (QED) is 0.800. The first-order chi connectivity index (χ1) is 6.54. The van der Waals surface area contributed by atoms with Crippen LogP contribution in [-0.4, -0.2) is 16.7 Å². The lowest BCUT2D eigenvalue weighted by Crippen LogP contribution is -2.15. The number of pyridine rings is 1. The zero-order valence-corrected chi connectivity index (χ0v) is 8.95. The molecule has 0 aromatic carbocycles. The van der Waals surface area contributed by atoms with Crippen LogP contribution in [0, 0.1) is 0 Å². The lowest BCUT2D eigenvalue weighted by Gasteiger charge is -2.17. The first-order valence-corrected chi connectivity index (χ1v) is 4.84. The minimum absolute atomic E-state index is 0.678. The molecule has 0 spiro atoms. The minimum Gasteiger partial charge on any atom is -0.492 e. The van der Waals surface area contributed by atoms with Gasteiger partial charge in [0.05, 0.1) is 18.4 Å². The Labute approximate surface area is 84.7 Å². The SMILES string of the molecule is CCCOc1cncc(C(C)(C)O)c1. The van der Waals surface area contributed by atoms with E-state index in [1.807, 2.05) is 13.0 Å². The molecule has 0 bridgehead atoms. The first kappa shape index (κ1) is 11.0. The summed E-state index contributed by atoms with van der Waals surface area (Å²) in [4.78, 5) is 4.02. The summed E-state index contributed by atoms with van der Waals surface area (Å²) in [6.07, 6.45) is 4.27.